The number of rotatable bonds is 4. The van der Waals surface area contributed by atoms with Crippen molar-refractivity contribution < 1.29 is 17.7 Å². The summed E-state index contributed by atoms with van der Waals surface area (Å²) >= 11 is 3.96. The van der Waals surface area contributed by atoms with Crippen molar-refractivity contribution in [1.29, 1.82) is 0 Å². The number of aryl methyl sites for hydroxylation is 6. The van der Waals surface area contributed by atoms with Gasteiger partial charge in [0.05, 0.1) is 77.9 Å². The van der Waals surface area contributed by atoms with Crippen LogP contribution in [0.2, 0.25) is 0 Å². The van der Waals surface area contributed by atoms with Gasteiger partial charge in [0, 0.05) is 77.0 Å². The minimum Gasteiger partial charge on any atom is -0.466 e. The molecule has 6 aromatic heterocycles. The number of nitrogens with zero attached hydrogens (tertiary/aromatic N) is 6. The molecule has 8 aliphatic heterocycles. The lowest BCUT2D eigenvalue weighted by atomic mass is 9.48. The molecular formula is C121H148N6O4S2. The SMILES string of the molecule is Cc1cccc2c1N1C(C)c3ccoc3C1(C)C(C)(C)C2(C)C.Cc1cccc2c1N1C(C)c3ccoc3C1(C)C(C)(C)C2(C)C.Cc1ccccc1N1C(C)c2ccoc2C12C1CC3CC(C1)CC2C3.Cc1ccccc1N1C(C)c2ccoc2C12CCCCC2.Cc1ccccc1N1C(C)c2ccsc2C12CCCC2.Cc1ccccc1N1C(C)c2ccsc2C12CCCCC2. The molecule has 12 aromatic rings. The average molecular weight is 1810 g/mol. The van der Waals surface area contributed by atoms with Crippen molar-refractivity contribution in [3.63, 3.8) is 0 Å². The van der Waals surface area contributed by atoms with Crippen LogP contribution in [0, 0.1) is 76.0 Å². The summed E-state index contributed by atoms with van der Waals surface area (Å²) in [6.07, 6.45) is 33.2. The van der Waals surface area contributed by atoms with Gasteiger partial charge in [0.15, 0.2) is 0 Å². The van der Waals surface area contributed by atoms with Gasteiger partial charge in [-0.15, -0.1) is 22.7 Å². The second-order valence-corrected chi connectivity index (χ2v) is 47.6. The van der Waals surface area contributed by atoms with Crippen molar-refractivity contribution in [1.82, 2.24) is 0 Å². The van der Waals surface area contributed by atoms with Gasteiger partial charge < -0.3 is 47.1 Å². The van der Waals surface area contributed by atoms with Crippen molar-refractivity contribution in [2.24, 2.45) is 34.5 Å². The Hall–Kier alpha value is -9.36. The molecule has 7 fully saturated rings. The molecule has 0 N–H and O–H groups in total. The Bertz CT molecular complexity index is 6050. The van der Waals surface area contributed by atoms with Crippen LogP contribution in [0.3, 0.4) is 0 Å². The maximum Gasteiger partial charge on any atom is 0.135 e. The molecule has 8 unspecified atom stereocenters. The summed E-state index contributed by atoms with van der Waals surface area (Å²) in [7, 11) is 0. The summed E-state index contributed by atoms with van der Waals surface area (Å²) in [6, 6.07) is 65.0. The summed E-state index contributed by atoms with van der Waals surface area (Å²) in [5.74, 6) is 8.32. The van der Waals surface area contributed by atoms with E-state index in [1.165, 1.54) is 234 Å². The van der Waals surface area contributed by atoms with E-state index >= 15 is 0 Å². The summed E-state index contributed by atoms with van der Waals surface area (Å²) < 4.78 is 24.4. The molecule has 15 aliphatic rings. The van der Waals surface area contributed by atoms with Crippen LogP contribution in [0.5, 0.6) is 0 Å². The van der Waals surface area contributed by atoms with Crippen LogP contribution in [-0.2, 0) is 44.1 Å². The number of anilines is 6. The van der Waals surface area contributed by atoms with Gasteiger partial charge in [-0.2, -0.15) is 0 Å². The third-order valence-electron chi connectivity index (χ3n) is 39.0. The first-order chi connectivity index (χ1) is 63.7. The molecular weight excluding hydrogens is 1670 g/mol. The van der Waals surface area contributed by atoms with Gasteiger partial charge in [-0.05, 0) is 329 Å². The molecule has 10 nitrogen and oxygen atoms in total. The zero-order valence-corrected chi connectivity index (χ0v) is 85.6. The lowest BCUT2D eigenvalue weighted by Gasteiger charge is -2.63. The topological polar surface area (TPSA) is 72.0 Å². The Morgan fingerprint density at radius 2 is 0.571 bits per heavy atom. The van der Waals surface area contributed by atoms with Crippen molar-refractivity contribution in [3.05, 3.63) is 316 Å². The molecule has 12 heteroatoms. The van der Waals surface area contributed by atoms with Crippen LogP contribution in [0.25, 0.3) is 0 Å². The Labute approximate surface area is 803 Å². The van der Waals surface area contributed by atoms with Crippen molar-refractivity contribution in [3.8, 4) is 0 Å². The maximum atomic E-state index is 6.28. The largest absolute Gasteiger partial charge is 0.466 e. The molecule has 0 radical (unpaired) electrons. The Balaban J connectivity index is 0.0000000962. The van der Waals surface area contributed by atoms with Crippen LogP contribution >= 0.6 is 22.7 Å². The normalized spacial score (nSPS) is 29.0. The Morgan fingerprint density at radius 3 is 0.955 bits per heavy atom. The fourth-order valence-electron chi connectivity index (χ4n) is 31.1. The fraction of sp³-hybridized carbons (Fsp3) is 0.504. The molecule has 6 aromatic carbocycles. The second-order valence-electron chi connectivity index (χ2n) is 45.8. The van der Waals surface area contributed by atoms with Gasteiger partial charge in [-0.3, -0.25) is 0 Å². The van der Waals surface area contributed by atoms with Crippen LogP contribution in [0.4, 0.5) is 34.1 Å². The monoisotopic (exact) mass is 1810 g/mol. The smallest absolute Gasteiger partial charge is 0.135 e. The average Bonchev–Trinajstić information content (AvgIpc) is 1.56. The van der Waals surface area contributed by atoms with Crippen molar-refractivity contribution in [2.75, 3.05) is 29.4 Å². The second kappa shape index (κ2) is 32.7. The number of furan rings is 4. The van der Waals surface area contributed by atoms with Crippen LogP contribution in [0.15, 0.2) is 223 Å². The van der Waals surface area contributed by atoms with Crippen LogP contribution in [-0.4, -0.2) is 0 Å². The number of fused-ring (bicyclic) bond motifs is 17. The minimum atomic E-state index is -0.145. The predicted octanol–water partition coefficient (Wildman–Crippen LogP) is 33.8. The maximum absolute atomic E-state index is 6.28. The summed E-state index contributed by atoms with van der Waals surface area (Å²) in [6.45, 7) is 51.5. The molecule has 27 rings (SSSR count). The quantitative estimate of drug-likeness (QED) is 0.170. The van der Waals surface area contributed by atoms with Crippen LogP contribution in [0.1, 0.15) is 380 Å². The number of hydrogen-bond donors (Lipinski definition) is 0. The van der Waals surface area contributed by atoms with Crippen molar-refractivity contribution in [2.45, 2.75) is 355 Å². The number of hydrogen-bond acceptors (Lipinski definition) is 12. The number of para-hydroxylation sites is 6. The molecule has 8 atom stereocenters. The van der Waals surface area contributed by atoms with Gasteiger partial charge in [-0.25, -0.2) is 0 Å². The highest BCUT2D eigenvalue weighted by molar-refractivity contribution is 7.10. The highest BCUT2D eigenvalue weighted by Crippen LogP contribution is 2.73. The van der Waals surface area contributed by atoms with E-state index in [9.17, 15) is 0 Å². The van der Waals surface area contributed by atoms with E-state index in [0.29, 0.717) is 36.3 Å². The van der Waals surface area contributed by atoms with Crippen LogP contribution < -0.4 is 29.4 Å². The first-order valence-electron chi connectivity index (χ1n) is 51.4. The summed E-state index contributed by atoms with van der Waals surface area (Å²) in [5.41, 5.74) is 28.9. The zero-order valence-electron chi connectivity index (χ0n) is 84.0. The van der Waals surface area contributed by atoms with E-state index in [-0.39, 0.29) is 54.9 Å². The molecule has 7 aliphatic carbocycles. The molecule has 4 spiro atoms. The molecule has 133 heavy (non-hydrogen) atoms. The minimum absolute atomic E-state index is 0.0259. The molecule has 0 amide bonds. The molecule has 4 bridgehead atoms. The molecule has 14 heterocycles. The van der Waals surface area contributed by atoms with E-state index < -0.39 is 0 Å². The number of thiophene rings is 2. The van der Waals surface area contributed by atoms with E-state index in [4.69, 9.17) is 17.7 Å². The van der Waals surface area contributed by atoms with Gasteiger partial charge in [0.2, 0.25) is 0 Å². The highest BCUT2D eigenvalue weighted by Gasteiger charge is 2.70. The van der Waals surface area contributed by atoms with E-state index in [2.05, 4.69) is 362 Å². The molecule has 7 saturated carbocycles. The lowest BCUT2D eigenvalue weighted by Crippen LogP contribution is -2.62. The van der Waals surface area contributed by atoms with Gasteiger partial charge in [0.25, 0.3) is 0 Å². The third kappa shape index (κ3) is 12.6. The summed E-state index contributed by atoms with van der Waals surface area (Å²) in [5, 5.41) is 4.59. The van der Waals surface area contributed by atoms with Gasteiger partial charge >= 0.3 is 0 Å². The third-order valence-corrected chi connectivity index (χ3v) is 41.2. The Morgan fingerprint density at radius 1 is 0.278 bits per heavy atom. The van der Waals surface area contributed by atoms with Gasteiger partial charge in [0.1, 0.15) is 39.7 Å². The van der Waals surface area contributed by atoms with E-state index in [0.717, 1.165) is 35.2 Å². The van der Waals surface area contributed by atoms with E-state index in [1.54, 1.807) is 20.9 Å². The number of benzene rings is 6. The Kier molecular flexibility index (Phi) is 22.1. The van der Waals surface area contributed by atoms with E-state index in [1.807, 2.05) is 47.7 Å². The first kappa shape index (κ1) is 90.1. The standard InChI is InChI=1S/C23H27NO.2C21H27NO.C19H23NO.C19H23NS.C18H21NS/c1-14-5-3-4-6-21(14)24-15(2)20-7-8-25-22(20)23(24)18-10-16-9-17(12-18)13-19(23)11-16;2*1-13-9-8-10-16-17(13)22-14(2)15-11-12-23-18(15)21(22,7)20(5,6)19(16,3)4;2*1-14-8-4-5-9-17(14)20-15(2)16-10-13-21-18(16)19(20)11-6-3-7-12-19;1-13-7-3-4-8-16(13)19-14(2)15-9-12-20-17(15)18(19)10-5-6-11-18/h3-8,15-19H,9-13H2,1-2H3;2*8-12,14H,1-7H3;2*4-5,8-10,13,15H,3,6-7,11-12H2,1-2H3;3-4,7-9,12,14H,5-6,10-11H2,1-2H3. The molecule has 0 saturated heterocycles. The molecule has 698 valence electrons. The first-order valence-corrected chi connectivity index (χ1v) is 53.1. The van der Waals surface area contributed by atoms with Crippen molar-refractivity contribution >= 4 is 56.8 Å². The zero-order chi connectivity index (χ0) is 93.0. The predicted molar refractivity (Wildman–Crippen MR) is 553 cm³/mol. The summed E-state index contributed by atoms with van der Waals surface area (Å²) in [4.78, 5) is 19.5. The lowest BCUT2D eigenvalue weighted by molar-refractivity contribution is -0.0684. The highest BCUT2D eigenvalue weighted by atomic mass is 32.1. The fourth-order valence-corrected chi connectivity index (χ4v) is 33.6. The van der Waals surface area contributed by atoms with Gasteiger partial charge in [-0.1, -0.05) is 216 Å².